The van der Waals surface area contributed by atoms with Crippen molar-refractivity contribution in [2.24, 2.45) is 0 Å². The number of hydrogen-bond donors (Lipinski definition) is 2. The van der Waals surface area contributed by atoms with Gasteiger partial charge in [0.15, 0.2) is 0 Å². The summed E-state index contributed by atoms with van der Waals surface area (Å²) in [6.07, 6.45) is -9.83. The molecule has 196 valence electrons. The number of fused-ring (bicyclic) bond motifs is 1. The van der Waals surface area contributed by atoms with Crippen molar-refractivity contribution in [1.82, 2.24) is 14.6 Å². The molecule has 2 heterocycles. The van der Waals surface area contributed by atoms with Crippen molar-refractivity contribution in [2.75, 3.05) is 5.32 Å². The first kappa shape index (κ1) is 25.9. The Bertz CT molecular complexity index is 1430. The van der Waals surface area contributed by atoms with Crippen molar-refractivity contribution in [2.45, 2.75) is 19.3 Å². The normalized spacial score (nSPS) is 12.0. The van der Waals surface area contributed by atoms with Crippen LogP contribution in [0.15, 0.2) is 46.9 Å². The number of alkyl halides is 6. The van der Waals surface area contributed by atoms with Crippen LogP contribution in [0.4, 0.5) is 32.0 Å². The number of rotatable bonds is 7. The maximum Gasteiger partial charge on any atom is 0.573 e. The van der Waals surface area contributed by atoms with E-state index in [1.807, 2.05) is 0 Å². The lowest BCUT2D eigenvalue weighted by atomic mass is 10.2. The van der Waals surface area contributed by atoms with Crippen molar-refractivity contribution < 1.29 is 54.9 Å². The highest BCUT2D eigenvalue weighted by Crippen LogP contribution is 2.34. The molecule has 0 spiro atoms. The topological polar surface area (TPSA) is 120 Å². The van der Waals surface area contributed by atoms with Crippen LogP contribution in [-0.4, -0.2) is 38.3 Å². The van der Waals surface area contributed by atoms with Gasteiger partial charge >= 0.3 is 24.6 Å². The van der Waals surface area contributed by atoms with Gasteiger partial charge in [-0.05, 0) is 36.4 Å². The van der Waals surface area contributed by atoms with E-state index in [1.165, 1.54) is 0 Å². The lowest BCUT2D eigenvalue weighted by Gasteiger charge is -2.11. The molecule has 0 saturated carbocycles. The lowest BCUT2D eigenvalue weighted by Crippen LogP contribution is -2.17. The largest absolute Gasteiger partial charge is 0.573 e. The Morgan fingerprint density at radius 1 is 1.03 bits per heavy atom. The third-order valence-corrected chi connectivity index (χ3v) is 4.60. The molecule has 0 atom stereocenters. The molecule has 2 N–H and O–H groups in total. The number of nitrogens with one attached hydrogen (secondary N) is 1. The molecule has 2 aromatic carbocycles. The molecule has 0 fully saturated rings. The molecule has 4 rings (SSSR count). The van der Waals surface area contributed by atoms with Gasteiger partial charge in [-0.1, -0.05) is 11.6 Å². The van der Waals surface area contributed by atoms with Crippen LogP contribution >= 0.6 is 11.6 Å². The van der Waals surface area contributed by atoms with Crippen LogP contribution in [0, 0.1) is 0 Å². The molecule has 0 radical (unpaired) electrons. The summed E-state index contributed by atoms with van der Waals surface area (Å²) in [6, 6.07) is 6.91. The average Bonchev–Trinajstić information content (AvgIpc) is 3.32. The summed E-state index contributed by atoms with van der Waals surface area (Å²) < 4.78 is 93.0. The Labute approximate surface area is 205 Å². The maximum atomic E-state index is 12.6. The predicted molar refractivity (Wildman–Crippen MR) is 110 cm³/mol. The predicted octanol–water partition coefficient (Wildman–Crippen LogP) is 5.31. The van der Waals surface area contributed by atoms with Gasteiger partial charge in [-0.25, -0.2) is 0 Å². The van der Waals surface area contributed by atoms with Gasteiger partial charge in [0.05, 0.1) is 11.6 Å². The number of aliphatic hydroxyl groups excluding tert-OH is 1. The van der Waals surface area contributed by atoms with Crippen LogP contribution in [0.3, 0.4) is 0 Å². The van der Waals surface area contributed by atoms with Crippen molar-refractivity contribution in [3.8, 4) is 23.3 Å². The number of aliphatic hydroxyl groups is 1. The number of aromatic nitrogens is 3. The van der Waals surface area contributed by atoms with Gasteiger partial charge in [0.25, 0.3) is 5.91 Å². The zero-order valence-corrected chi connectivity index (χ0v) is 18.5. The van der Waals surface area contributed by atoms with Crippen molar-refractivity contribution in [3.05, 3.63) is 58.9 Å². The number of oxazole rings is 1. The summed E-state index contributed by atoms with van der Waals surface area (Å²) in [5, 5.41) is 15.6. The van der Waals surface area contributed by atoms with E-state index >= 15 is 0 Å². The smallest absolute Gasteiger partial charge is 0.423 e. The summed E-state index contributed by atoms with van der Waals surface area (Å²) in [4.78, 5) is 16.5. The Morgan fingerprint density at radius 2 is 1.68 bits per heavy atom. The second-order valence-electron chi connectivity index (χ2n) is 6.89. The number of halogens is 7. The van der Waals surface area contributed by atoms with Gasteiger partial charge in [0.1, 0.15) is 22.9 Å². The maximum absolute atomic E-state index is 12.6. The molecule has 2 aromatic heterocycles. The molecule has 4 aromatic rings. The number of benzene rings is 2. The molecule has 0 saturated heterocycles. The van der Waals surface area contributed by atoms with Crippen LogP contribution < -0.4 is 19.5 Å². The minimum Gasteiger partial charge on any atom is -0.423 e. The number of carbonyl (C=O) groups excluding carboxylic acids is 1. The number of anilines is 1. The molecule has 0 aliphatic heterocycles. The fourth-order valence-corrected chi connectivity index (χ4v) is 3.12. The van der Waals surface area contributed by atoms with Gasteiger partial charge in [0.2, 0.25) is 5.76 Å². The number of hydrogen-bond acceptors (Lipinski definition) is 8. The summed E-state index contributed by atoms with van der Waals surface area (Å²) in [5.41, 5.74) is -0.0666. The Kier molecular flexibility index (Phi) is 6.79. The molecule has 10 nitrogen and oxygen atoms in total. The molecular formula is C20H11ClF6N4O6. The molecule has 0 unspecified atom stereocenters. The summed E-state index contributed by atoms with van der Waals surface area (Å²) in [6.45, 7) is -0.744. The lowest BCUT2D eigenvalue weighted by molar-refractivity contribution is -0.275. The van der Waals surface area contributed by atoms with Gasteiger partial charge < -0.3 is 29.1 Å². The van der Waals surface area contributed by atoms with Crippen LogP contribution in [-0.2, 0) is 6.61 Å². The van der Waals surface area contributed by atoms with E-state index in [0.29, 0.717) is 0 Å². The molecule has 0 bridgehead atoms. The van der Waals surface area contributed by atoms with Crippen LogP contribution in [0.5, 0.6) is 23.3 Å². The van der Waals surface area contributed by atoms with Gasteiger partial charge in [-0.3, -0.25) is 4.79 Å². The second-order valence-corrected chi connectivity index (χ2v) is 7.30. The van der Waals surface area contributed by atoms with E-state index in [0.717, 1.165) is 47.0 Å². The number of nitrogens with zero attached hydrogens (tertiary/aromatic N) is 3. The highest BCUT2D eigenvalue weighted by Gasteiger charge is 2.32. The third kappa shape index (κ3) is 6.34. The van der Waals surface area contributed by atoms with E-state index in [-0.39, 0.29) is 29.0 Å². The number of carbonyl (C=O) groups is 1. The van der Waals surface area contributed by atoms with Gasteiger partial charge in [-0.2, -0.15) is 4.52 Å². The standard InChI is InChI=1S/C20H11ClF6N4O6/c21-12-7-11(5-6-14(12)37-20(25,26)27)34-17-29-18-31(30-17)13(8-32)15(35-18)16(33)28-9-1-3-10(4-2-9)36-19(22,23)24/h1-7,32H,8H2,(H,28,33). The van der Waals surface area contributed by atoms with Crippen LogP contribution in [0.2, 0.25) is 5.02 Å². The number of amides is 1. The summed E-state index contributed by atoms with van der Waals surface area (Å²) in [7, 11) is 0. The molecule has 0 aliphatic rings. The minimum absolute atomic E-state index is 0.0609. The highest BCUT2D eigenvalue weighted by atomic mass is 35.5. The zero-order valence-electron chi connectivity index (χ0n) is 17.7. The van der Waals surface area contributed by atoms with Crippen LogP contribution in [0.1, 0.15) is 16.2 Å². The number of ether oxygens (including phenoxy) is 3. The quantitative estimate of drug-likeness (QED) is 0.296. The monoisotopic (exact) mass is 552 g/mol. The first-order chi connectivity index (χ1) is 17.3. The fraction of sp³-hybridized carbons (Fsp3) is 0.150. The minimum atomic E-state index is -4.95. The Hall–Kier alpha value is -4.18. The first-order valence-corrected chi connectivity index (χ1v) is 10.1. The van der Waals surface area contributed by atoms with Crippen molar-refractivity contribution in [3.63, 3.8) is 0 Å². The molecule has 1 amide bonds. The van der Waals surface area contributed by atoms with E-state index in [2.05, 4.69) is 24.9 Å². The summed E-state index contributed by atoms with van der Waals surface area (Å²) in [5.74, 6) is -2.80. The summed E-state index contributed by atoms with van der Waals surface area (Å²) >= 11 is 5.76. The van der Waals surface area contributed by atoms with Gasteiger partial charge in [0, 0.05) is 11.8 Å². The molecule has 0 aliphatic carbocycles. The van der Waals surface area contributed by atoms with Crippen LogP contribution in [0.25, 0.3) is 5.84 Å². The SMILES string of the molecule is O=C(Nc1ccc(OC(F)(F)F)cc1)c1oc2nc(Oc3ccc(OC(F)(F)F)c(Cl)c3)nn2c1CO. The first-order valence-electron chi connectivity index (χ1n) is 9.71. The van der Waals surface area contributed by atoms with Crippen molar-refractivity contribution in [1.29, 1.82) is 0 Å². The van der Waals surface area contributed by atoms with E-state index in [4.69, 9.17) is 20.8 Å². The Balaban J connectivity index is 1.49. The van der Waals surface area contributed by atoms with E-state index in [9.17, 15) is 36.2 Å². The van der Waals surface area contributed by atoms with Crippen molar-refractivity contribution >= 4 is 29.0 Å². The van der Waals surface area contributed by atoms with Gasteiger partial charge in [-0.15, -0.1) is 36.4 Å². The highest BCUT2D eigenvalue weighted by molar-refractivity contribution is 6.32. The molecule has 37 heavy (non-hydrogen) atoms. The second kappa shape index (κ2) is 9.70. The zero-order chi connectivity index (χ0) is 27.0. The molecule has 17 heteroatoms. The average molecular weight is 553 g/mol. The van der Waals surface area contributed by atoms with E-state index < -0.39 is 47.5 Å². The third-order valence-electron chi connectivity index (χ3n) is 4.31. The van der Waals surface area contributed by atoms with E-state index in [1.54, 1.807) is 0 Å². The fourth-order valence-electron chi connectivity index (χ4n) is 2.91. The molecular weight excluding hydrogens is 542 g/mol. The Morgan fingerprint density at radius 3 is 2.27 bits per heavy atom.